The van der Waals surface area contributed by atoms with E-state index in [4.69, 9.17) is 11.6 Å². The van der Waals surface area contributed by atoms with Gasteiger partial charge in [0, 0.05) is 23.3 Å². The van der Waals surface area contributed by atoms with Gasteiger partial charge in [-0.15, -0.1) is 0 Å². The van der Waals surface area contributed by atoms with Gasteiger partial charge in [0.1, 0.15) is 0 Å². The number of rotatable bonds is 2. The van der Waals surface area contributed by atoms with Crippen LogP contribution in [0.5, 0.6) is 0 Å². The molecule has 5 heteroatoms. The van der Waals surface area contributed by atoms with E-state index in [1.54, 1.807) is 26.1 Å². The van der Waals surface area contributed by atoms with Crippen LogP contribution in [0.1, 0.15) is 25.5 Å². The van der Waals surface area contributed by atoms with Crippen molar-refractivity contribution >= 4 is 23.4 Å². The van der Waals surface area contributed by atoms with Gasteiger partial charge < -0.3 is 10.2 Å². The number of Topliss-reactive ketones (excluding diaryl/α,β-unsaturated/α-hetero) is 1. The molecule has 1 N–H and O–H groups in total. The van der Waals surface area contributed by atoms with Gasteiger partial charge >= 0.3 is 6.03 Å². The molecule has 0 fully saturated rings. The SMILES string of the molecule is CC(=O)C1=C(C)N(C)C(=O)NC1c1ccc(Cl)cc1. The van der Waals surface area contributed by atoms with Crippen molar-refractivity contribution in [2.24, 2.45) is 0 Å². The molecule has 0 bridgehead atoms. The number of nitrogens with zero attached hydrogens (tertiary/aromatic N) is 1. The van der Waals surface area contributed by atoms with Gasteiger partial charge in [-0.25, -0.2) is 4.79 Å². The van der Waals surface area contributed by atoms with Crippen molar-refractivity contribution in [3.8, 4) is 0 Å². The Morgan fingerprint density at radius 3 is 2.42 bits per heavy atom. The number of hydrogen-bond donors (Lipinski definition) is 1. The van der Waals surface area contributed by atoms with E-state index in [1.807, 2.05) is 12.1 Å². The zero-order valence-corrected chi connectivity index (χ0v) is 11.8. The Balaban J connectivity index is 2.51. The first-order valence-corrected chi connectivity index (χ1v) is 6.31. The average Bonchev–Trinajstić information content (AvgIpc) is 2.36. The van der Waals surface area contributed by atoms with Crippen molar-refractivity contribution < 1.29 is 9.59 Å². The molecule has 0 saturated carbocycles. The number of urea groups is 1. The van der Waals surface area contributed by atoms with Crippen LogP contribution in [0.2, 0.25) is 5.02 Å². The van der Waals surface area contributed by atoms with E-state index in [1.165, 1.54) is 11.8 Å². The highest BCUT2D eigenvalue weighted by atomic mass is 35.5. The Kier molecular flexibility index (Phi) is 3.62. The van der Waals surface area contributed by atoms with E-state index in [9.17, 15) is 9.59 Å². The summed E-state index contributed by atoms with van der Waals surface area (Å²) in [6.45, 7) is 3.28. The van der Waals surface area contributed by atoms with Gasteiger partial charge in [0.2, 0.25) is 0 Å². The van der Waals surface area contributed by atoms with E-state index in [0.29, 0.717) is 16.3 Å². The van der Waals surface area contributed by atoms with Crippen LogP contribution in [0.25, 0.3) is 0 Å². The van der Waals surface area contributed by atoms with Crippen LogP contribution in [0.15, 0.2) is 35.5 Å². The molecular weight excluding hydrogens is 264 g/mol. The molecule has 2 rings (SSSR count). The number of amides is 2. The van der Waals surface area contributed by atoms with Crippen LogP contribution in [0.3, 0.4) is 0 Å². The second-order valence-corrected chi connectivity index (χ2v) is 4.98. The summed E-state index contributed by atoms with van der Waals surface area (Å²) in [5.74, 6) is -0.0516. The van der Waals surface area contributed by atoms with Crippen LogP contribution in [0.4, 0.5) is 4.79 Å². The highest BCUT2D eigenvalue weighted by molar-refractivity contribution is 6.30. The monoisotopic (exact) mass is 278 g/mol. The summed E-state index contributed by atoms with van der Waals surface area (Å²) in [7, 11) is 1.64. The minimum Gasteiger partial charge on any atom is -0.327 e. The third kappa shape index (κ3) is 2.49. The third-order valence-electron chi connectivity index (χ3n) is 3.34. The second kappa shape index (κ2) is 5.05. The average molecular weight is 279 g/mol. The molecule has 1 aromatic carbocycles. The van der Waals surface area contributed by atoms with Gasteiger partial charge in [-0.1, -0.05) is 23.7 Å². The molecule has 19 heavy (non-hydrogen) atoms. The first kappa shape index (κ1) is 13.6. The number of ketones is 1. The fourth-order valence-corrected chi connectivity index (χ4v) is 2.32. The maximum Gasteiger partial charge on any atom is 0.322 e. The van der Waals surface area contributed by atoms with E-state index in [0.717, 1.165) is 5.56 Å². The van der Waals surface area contributed by atoms with Gasteiger partial charge in [-0.3, -0.25) is 4.79 Å². The fraction of sp³-hybridized carbons (Fsp3) is 0.286. The first-order chi connectivity index (χ1) is 8.91. The van der Waals surface area contributed by atoms with E-state index >= 15 is 0 Å². The predicted octanol–water partition coefficient (Wildman–Crippen LogP) is 2.90. The lowest BCUT2D eigenvalue weighted by Crippen LogP contribution is -2.45. The summed E-state index contributed by atoms with van der Waals surface area (Å²) >= 11 is 5.86. The van der Waals surface area contributed by atoms with Gasteiger partial charge in [0.25, 0.3) is 0 Å². The summed E-state index contributed by atoms with van der Waals surface area (Å²) in [4.78, 5) is 25.2. The summed E-state index contributed by atoms with van der Waals surface area (Å²) in [6, 6.07) is 6.48. The summed E-state index contributed by atoms with van der Waals surface area (Å²) in [5, 5.41) is 3.45. The maximum atomic E-state index is 11.9. The lowest BCUT2D eigenvalue weighted by atomic mass is 9.93. The molecule has 4 nitrogen and oxygen atoms in total. The Morgan fingerprint density at radius 1 is 1.32 bits per heavy atom. The smallest absolute Gasteiger partial charge is 0.322 e. The lowest BCUT2D eigenvalue weighted by molar-refractivity contribution is -0.114. The molecule has 1 atom stereocenters. The Bertz CT molecular complexity index is 563. The molecule has 0 aliphatic carbocycles. The van der Waals surface area contributed by atoms with Crippen molar-refractivity contribution in [1.82, 2.24) is 10.2 Å². The number of carbonyl (C=O) groups is 2. The summed E-state index contributed by atoms with van der Waals surface area (Å²) < 4.78 is 0. The molecule has 0 saturated heterocycles. The quantitative estimate of drug-likeness (QED) is 0.904. The molecule has 100 valence electrons. The van der Waals surface area contributed by atoms with Crippen molar-refractivity contribution in [3.05, 3.63) is 46.1 Å². The van der Waals surface area contributed by atoms with Gasteiger partial charge in [0.15, 0.2) is 5.78 Å². The van der Waals surface area contributed by atoms with E-state index in [2.05, 4.69) is 5.32 Å². The van der Waals surface area contributed by atoms with Crippen LogP contribution >= 0.6 is 11.6 Å². The minimum absolute atomic E-state index is 0.0516. The summed E-state index contributed by atoms with van der Waals surface area (Å²) in [6.07, 6.45) is 0. The molecule has 1 heterocycles. The largest absolute Gasteiger partial charge is 0.327 e. The standard InChI is InChI=1S/C14H15ClN2O2/c1-8-12(9(2)18)13(16-14(19)17(8)3)10-4-6-11(15)7-5-10/h4-7,13H,1-3H3,(H,16,19). The Morgan fingerprint density at radius 2 is 1.89 bits per heavy atom. The molecule has 2 amide bonds. The maximum absolute atomic E-state index is 11.9. The van der Waals surface area contributed by atoms with Crippen molar-refractivity contribution in [2.75, 3.05) is 7.05 Å². The molecule has 0 spiro atoms. The third-order valence-corrected chi connectivity index (χ3v) is 3.59. The number of nitrogens with one attached hydrogen (secondary N) is 1. The Labute approximate surface area is 117 Å². The molecule has 1 aliphatic heterocycles. The lowest BCUT2D eigenvalue weighted by Gasteiger charge is -2.33. The predicted molar refractivity (Wildman–Crippen MR) is 73.9 cm³/mol. The van der Waals surface area contributed by atoms with Crippen molar-refractivity contribution in [2.45, 2.75) is 19.9 Å². The van der Waals surface area contributed by atoms with Gasteiger partial charge in [-0.05, 0) is 31.5 Å². The molecule has 0 aromatic heterocycles. The van der Waals surface area contributed by atoms with Gasteiger partial charge in [0.05, 0.1) is 6.04 Å². The molecule has 1 aromatic rings. The van der Waals surface area contributed by atoms with Crippen LogP contribution < -0.4 is 5.32 Å². The van der Waals surface area contributed by atoms with Crippen LogP contribution in [-0.4, -0.2) is 23.8 Å². The normalized spacial score (nSPS) is 19.5. The van der Waals surface area contributed by atoms with Crippen LogP contribution in [-0.2, 0) is 4.79 Å². The van der Waals surface area contributed by atoms with Crippen LogP contribution in [0, 0.1) is 0 Å². The summed E-state index contributed by atoms with van der Waals surface area (Å²) in [5.41, 5.74) is 2.12. The zero-order valence-electron chi connectivity index (χ0n) is 11.0. The molecule has 1 unspecified atom stereocenters. The fourth-order valence-electron chi connectivity index (χ4n) is 2.20. The first-order valence-electron chi connectivity index (χ1n) is 5.93. The van der Waals surface area contributed by atoms with E-state index < -0.39 is 6.04 Å². The van der Waals surface area contributed by atoms with Crippen molar-refractivity contribution in [3.63, 3.8) is 0 Å². The molecule has 1 aliphatic rings. The number of carbonyl (C=O) groups excluding carboxylic acids is 2. The highest BCUT2D eigenvalue weighted by Gasteiger charge is 2.32. The highest BCUT2D eigenvalue weighted by Crippen LogP contribution is 2.30. The number of allylic oxidation sites excluding steroid dienone is 1. The topological polar surface area (TPSA) is 49.4 Å². The number of benzene rings is 1. The molecular formula is C14H15ClN2O2. The molecule has 0 radical (unpaired) electrons. The Hall–Kier alpha value is -1.81. The zero-order chi connectivity index (χ0) is 14.2. The van der Waals surface area contributed by atoms with E-state index in [-0.39, 0.29) is 11.8 Å². The second-order valence-electron chi connectivity index (χ2n) is 4.55. The number of hydrogen-bond acceptors (Lipinski definition) is 2. The van der Waals surface area contributed by atoms with Crippen molar-refractivity contribution in [1.29, 1.82) is 0 Å². The number of halogens is 1. The van der Waals surface area contributed by atoms with Gasteiger partial charge in [-0.2, -0.15) is 0 Å². The minimum atomic E-state index is -0.418.